The molecule has 0 atom stereocenters. The molecule has 0 bridgehead atoms. The van der Waals surface area contributed by atoms with Gasteiger partial charge in [0.15, 0.2) is 0 Å². The lowest BCUT2D eigenvalue weighted by Crippen LogP contribution is -2.29. The fraction of sp³-hybridized carbons (Fsp3) is 0.700. The lowest BCUT2D eigenvalue weighted by atomic mass is 10.0. The van der Waals surface area contributed by atoms with Crippen molar-refractivity contribution >= 4 is 28.2 Å². The van der Waals surface area contributed by atoms with Crippen LogP contribution in [-0.2, 0) is 9.53 Å². The molecule has 6 heteroatoms. The van der Waals surface area contributed by atoms with E-state index in [1.165, 1.54) is 11.3 Å². The lowest BCUT2D eigenvalue weighted by Gasteiger charge is -2.11. The molecule has 1 heterocycles. The Balaban J connectivity index is 2.10. The van der Waals surface area contributed by atoms with Gasteiger partial charge in [0.2, 0.25) is 5.91 Å². The first-order valence-corrected chi connectivity index (χ1v) is 10.0. The van der Waals surface area contributed by atoms with Gasteiger partial charge in [0, 0.05) is 17.3 Å². The molecule has 0 saturated heterocycles. The van der Waals surface area contributed by atoms with Crippen LogP contribution >= 0.6 is 11.3 Å². The summed E-state index contributed by atoms with van der Waals surface area (Å²) in [4.78, 5) is 26.5. The van der Waals surface area contributed by atoms with Crippen molar-refractivity contribution in [3.63, 3.8) is 0 Å². The Morgan fingerprint density at radius 3 is 2.23 bits per heavy atom. The maximum Gasteiger partial charge on any atom is 0.254 e. The summed E-state index contributed by atoms with van der Waals surface area (Å²) in [6, 6.07) is 0. The van der Waals surface area contributed by atoms with Gasteiger partial charge in [-0.25, -0.2) is 0 Å². The summed E-state index contributed by atoms with van der Waals surface area (Å²) in [6.45, 7) is 17.2. The van der Waals surface area contributed by atoms with Gasteiger partial charge in [0.25, 0.3) is 5.91 Å². The van der Waals surface area contributed by atoms with Crippen LogP contribution < -0.4 is 10.6 Å². The number of carbonyl (C=O) groups is 2. The molecule has 0 aromatic carbocycles. The fourth-order valence-electron chi connectivity index (χ4n) is 3.57. The molecule has 1 aromatic heterocycles. The predicted octanol–water partition coefficient (Wildman–Crippen LogP) is 4.14. The van der Waals surface area contributed by atoms with Crippen molar-refractivity contribution in [1.82, 2.24) is 5.32 Å². The summed E-state index contributed by atoms with van der Waals surface area (Å²) in [5.41, 5.74) is 1.42. The standard InChI is InChI=1S/C20H32N2O3S/c1-11(2)25-10-9-21-16(23)14-12(3)13(4)26-18(14)22-17(24)15-19(5,6)20(15,7)8/h11,15H,9-10H2,1-8H3,(H,21,23)(H,22,24). The lowest BCUT2D eigenvalue weighted by molar-refractivity contribution is -0.118. The summed E-state index contributed by atoms with van der Waals surface area (Å²) >= 11 is 1.46. The molecule has 0 aliphatic heterocycles. The van der Waals surface area contributed by atoms with Gasteiger partial charge < -0.3 is 15.4 Å². The van der Waals surface area contributed by atoms with E-state index in [1.807, 2.05) is 27.7 Å². The Labute approximate surface area is 160 Å². The number of thiophene rings is 1. The Morgan fingerprint density at radius 1 is 1.15 bits per heavy atom. The van der Waals surface area contributed by atoms with E-state index < -0.39 is 0 Å². The highest BCUT2D eigenvalue weighted by Gasteiger charge is 2.68. The van der Waals surface area contributed by atoms with E-state index >= 15 is 0 Å². The number of anilines is 1. The summed E-state index contributed by atoms with van der Waals surface area (Å²) < 4.78 is 5.46. The topological polar surface area (TPSA) is 67.4 Å². The number of aryl methyl sites for hydroxylation is 1. The van der Waals surface area contributed by atoms with E-state index in [4.69, 9.17) is 4.74 Å². The molecule has 1 saturated carbocycles. The van der Waals surface area contributed by atoms with Crippen LogP contribution in [0.3, 0.4) is 0 Å². The zero-order valence-electron chi connectivity index (χ0n) is 17.2. The van der Waals surface area contributed by atoms with Gasteiger partial charge in [0.1, 0.15) is 5.00 Å². The molecule has 2 rings (SSSR count). The smallest absolute Gasteiger partial charge is 0.254 e. The van der Waals surface area contributed by atoms with E-state index in [-0.39, 0.29) is 34.7 Å². The van der Waals surface area contributed by atoms with E-state index in [9.17, 15) is 9.59 Å². The fourth-order valence-corrected chi connectivity index (χ4v) is 4.63. The van der Waals surface area contributed by atoms with Crippen LogP contribution in [0.25, 0.3) is 0 Å². The number of carbonyl (C=O) groups excluding carboxylic acids is 2. The van der Waals surface area contributed by atoms with E-state index in [0.29, 0.717) is 23.7 Å². The second-order valence-electron chi connectivity index (χ2n) is 8.53. The number of ether oxygens (including phenoxy) is 1. The van der Waals surface area contributed by atoms with E-state index in [1.54, 1.807) is 0 Å². The maximum atomic E-state index is 12.8. The third kappa shape index (κ3) is 3.81. The molecule has 0 radical (unpaired) electrons. The highest BCUT2D eigenvalue weighted by atomic mass is 32.1. The van der Waals surface area contributed by atoms with Gasteiger partial charge in [-0.05, 0) is 44.1 Å². The highest BCUT2D eigenvalue weighted by molar-refractivity contribution is 7.16. The van der Waals surface area contributed by atoms with Crippen LogP contribution in [0, 0.1) is 30.6 Å². The molecule has 0 spiro atoms. The van der Waals surface area contributed by atoms with Crippen LogP contribution in [-0.4, -0.2) is 31.1 Å². The van der Waals surface area contributed by atoms with Crippen molar-refractivity contribution in [1.29, 1.82) is 0 Å². The molecule has 1 aliphatic carbocycles. The van der Waals surface area contributed by atoms with Crippen molar-refractivity contribution in [2.24, 2.45) is 16.7 Å². The second-order valence-corrected chi connectivity index (χ2v) is 9.75. The summed E-state index contributed by atoms with van der Waals surface area (Å²) in [5, 5.41) is 6.56. The summed E-state index contributed by atoms with van der Waals surface area (Å²) in [7, 11) is 0. The molecule has 1 fully saturated rings. The average Bonchev–Trinajstić information content (AvgIpc) is 2.75. The molecular formula is C20H32N2O3S. The molecule has 1 aromatic rings. The first kappa shape index (κ1) is 20.9. The Bertz CT molecular complexity index is 690. The first-order valence-electron chi connectivity index (χ1n) is 9.22. The van der Waals surface area contributed by atoms with E-state index in [2.05, 4.69) is 38.3 Å². The quantitative estimate of drug-likeness (QED) is 0.699. The van der Waals surface area contributed by atoms with Gasteiger partial charge in [-0.2, -0.15) is 0 Å². The molecule has 146 valence electrons. The molecule has 2 amide bonds. The third-order valence-corrected chi connectivity index (χ3v) is 7.09. The van der Waals surface area contributed by atoms with Gasteiger partial charge in [-0.3, -0.25) is 9.59 Å². The minimum Gasteiger partial charge on any atom is -0.377 e. The molecule has 2 N–H and O–H groups in total. The molecular weight excluding hydrogens is 348 g/mol. The van der Waals surface area contributed by atoms with Crippen LogP contribution in [0.15, 0.2) is 0 Å². The van der Waals surface area contributed by atoms with Crippen LogP contribution in [0.1, 0.15) is 62.3 Å². The van der Waals surface area contributed by atoms with Gasteiger partial charge in [-0.1, -0.05) is 27.7 Å². The van der Waals surface area contributed by atoms with Gasteiger partial charge in [0.05, 0.1) is 18.3 Å². The van der Waals surface area contributed by atoms with Gasteiger partial charge in [-0.15, -0.1) is 11.3 Å². The van der Waals surface area contributed by atoms with Crippen molar-refractivity contribution in [3.8, 4) is 0 Å². The normalized spacial score (nSPS) is 18.0. The van der Waals surface area contributed by atoms with Gasteiger partial charge >= 0.3 is 0 Å². The largest absolute Gasteiger partial charge is 0.377 e. The highest BCUT2D eigenvalue weighted by Crippen LogP contribution is 2.68. The Hall–Kier alpha value is -1.40. The monoisotopic (exact) mass is 380 g/mol. The molecule has 0 unspecified atom stereocenters. The number of rotatable bonds is 7. The van der Waals surface area contributed by atoms with Crippen molar-refractivity contribution < 1.29 is 14.3 Å². The predicted molar refractivity (Wildman–Crippen MR) is 107 cm³/mol. The van der Waals surface area contributed by atoms with Crippen LogP contribution in [0.2, 0.25) is 0 Å². The zero-order chi connectivity index (χ0) is 19.9. The third-order valence-electron chi connectivity index (χ3n) is 5.97. The number of hydrogen-bond acceptors (Lipinski definition) is 4. The Kier molecular flexibility index (Phi) is 5.88. The zero-order valence-corrected chi connectivity index (χ0v) is 18.0. The minimum atomic E-state index is -0.163. The van der Waals surface area contributed by atoms with Crippen molar-refractivity contribution in [2.75, 3.05) is 18.5 Å². The second kappa shape index (κ2) is 7.31. The summed E-state index contributed by atoms with van der Waals surface area (Å²) in [6.07, 6.45) is 0.136. The Morgan fingerprint density at radius 2 is 1.73 bits per heavy atom. The minimum absolute atomic E-state index is 0.00144. The molecule has 1 aliphatic rings. The SMILES string of the molecule is Cc1sc(NC(=O)C2C(C)(C)C2(C)C)c(C(=O)NCCOC(C)C)c1C. The van der Waals surface area contributed by atoms with Crippen LogP contribution in [0.5, 0.6) is 0 Å². The number of hydrogen-bond donors (Lipinski definition) is 2. The van der Waals surface area contributed by atoms with Crippen molar-refractivity contribution in [2.45, 2.75) is 61.5 Å². The van der Waals surface area contributed by atoms with E-state index in [0.717, 1.165) is 10.4 Å². The van der Waals surface area contributed by atoms with Crippen LogP contribution in [0.4, 0.5) is 5.00 Å². The number of nitrogens with one attached hydrogen (secondary N) is 2. The molecule has 26 heavy (non-hydrogen) atoms. The number of amides is 2. The van der Waals surface area contributed by atoms with Crippen molar-refractivity contribution in [3.05, 3.63) is 16.0 Å². The maximum absolute atomic E-state index is 12.8. The summed E-state index contributed by atoms with van der Waals surface area (Å²) in [5.74, 6) is -0.213. The first-order chi connectivity index (χ1) is 11.9. The average molecular weight is 381 g/mol. The molecule has 5 nitrogen and oxygen atoms in total.